The van der Waals surface area contributed by atoms with Crippen molar-refractivity contribution >= 4 is 28.6 Å². The maximum Gasteiger partial charge on any atom is 0.162 e. The molecule has 2 aliphatic heterocycles. The summed E-state index contributed by atoms with van der Waals surface area (Å²) in [6.07, 6.45) is 1.49. The molecule has 3 heterocycles. The largest absolute Gasteiger partial charge is 0.373 e. The summed E-state index contributed by atoms with van der Waals surface area (Å²) in [5.74, 6) is 1.21. The highest BCUT2D eigenvalue weighted by Gasteiger charge is 2.55. The molecule has 1 aromatic carbocycles. The molecule has 1 spiro atoms. The van der Waals surface area contributed by atoms with E-state index in [0.29, 0.717) is 6.42 Å². The summed E-state index contributed by atoms with van der Waals surface area (Å²) in [4.78, 5) is 21.4. The number of nitrogens with zero attached hydrogens (tertiary/aromatic N) is 2. The Bertz CT molecular complexity index is 942. The monoisotopic (exact) mass is 351 g/mol. The van der Waals surface area contributed by atoms with E-state index in [4.69, 9.17) is 0 Å². The van der Waals surface area contributed by atoms with Gasteiger partial charge in [0.05, 0.1) is 15.8 Å². The fourth-order valence-electron chi connectivity index (χ4n) is 4.92. The highest BCUT2D eigenvalue weighted by atomic mass is 32.1. The Balaban J connectivity index is 1.84. The van der Waals surface area contributed by atoms with E-state index in [0.717, 1.165) is 30.1 Å². The number of hydrogen-bond donors (Lipinski definition) is 1. The van der Waals surface area contributed by atoms with Gasteiger partial charge in [0.15, 0.2) is 5.78 Å². The van der Waals surface area contributed by atoms with Gasteiger partial charge in [-0.3, -0.25) is 4.79 Å². The van der Waals surface area contributed by atoms with Crippen molar-refractivity contribution in [3.05, 3.63) is 51.5 Å². The van der Waals surface area contributed by atoms with Crippen molar-refractivity contribution < 1.29 is 4.79 Å². The molecule has 5 heteroatoms. The first-order chi connectivity index (χ1) is 11.9. The Morgan fingerprint density at radius 1 is 1.24 bits per heavy atom. The maximum atomic E-state index is 13.3. The van der Waals surface area contributed by atoms with Crippen molar-refractivity contribution in [1.29, 1.82) is 0 Å². The number of hydrogen-bond acceptors (Lipinski definition) is 5. The number of thiazole rings is 1. The lowest BCUT2D eigenvalue weighted by atomic mass is 9.64. The second-order valence-electron chi connectivity index (χ2n) is 8.23. The number of aromatic nitrogens is 1. The van der Waals surface area contributed by atoms with Crippen LogP contribution in [0, 0.1) is 5.41 Å². The minimum absolute atomic E-state index is 0.0122. The zero-order chi connectivity index (χ0) is 17.4. The third-order valence-electron chi connectivity index (χ3n) is 5.78. The number of Topliss-reactive ketones (excluding diaryl/α,β-unsaturated/α-hetero) is 1. The van der Waals surface area contributed by atoms with E-state index < -0.39 is 0 Å². The van der Waals surface area contributed by atoms with Crippen molar-refractivity contribution in [2.24, 2.45) is 5.41 Å². The third-order valence-corrected chi connectivity index (χ3v) is 6.76. The second-order valence-corrected chi connectivity index (χ2v) is 9.08. The Hall–Kier alpha value is -2.14. The van der Waals surface area contributed by atoms with Crippen LogP contribution in [0.4, 0.5) is 11.5 Å². The lowest BCUT2D eigenvalue weighted by molar-refractivity contribution is -0.118. The second kappa shape index (κ2) is 4.73. The van der Waals surface area contributed by atoms with Crippen molar-refractivity contribution in [2.75, 3.05) is 23.8 Å². The smallest absolute Gasteiger partial charge is 0.162 e. The fraction of sp³-hybridized carbons (Fsp3) is 0.400. The molecule has 1 aromatic heterocycles. The third kappa shape index (κ3) is 1.87. The summed E-state index contributed by atoms with van der Waals surface area (Å²) < 4.78 is 0. The molecule has 3 aliphatic rings. The first kappa shape index (κ1) is 15.1. The van der Waals surface area contributed by atoms with E-state index in [9.17, 15) is 4.79 Å². The standard InChI is InChI=1S/C20H21N3OS/c1-19(2)8-13-16(15(24)9-19)20(17-18(22-13)21-11-25-17)10-23(3)14-7-5-4-6-12(14)20/h4-7,11,22H,8-10H2,1-3H3. The molecule has 25 heavy (non-hydrogen) atoms. The molecule has 5 rings (SSSR count). The van der Waals surface area contributed by atoms with Gasteiger partial charge in [0.25, 0.3) is 0 Å². The molecule has 0 bridgehead atoms. The van der Waals surface area contributed by atoms with E-state index in [1.54, 1.807) is 11.3 Å². The van der Waals surface area contributed by atoms with Crippen LogP contribution in [0.5, 0.6) is 0 Å². The number of nitrogens with one attached hydrogen (secondary N) is 1. The van der Waals surface area contributed by atoms with Gasteiger partial charge in [0, 0.05) is 37.0 Å². The van der Waals surface area contributed by atoms with Crippen molar-refractivity contribution in [1.82, 2.24) is 4.98 Å². The lowest BCUT2D eigenvalue weighted by Crippen LogP contribution is -2.45. The molecule has 1 atom stereocenters. The summed E-state index contributed by atoms with van der Waals surface area (Å²) in [5.41, 5.74) is 6.01. The average Bonchev–Trinajstić information content (AvgIpc) is 3.11. The number of carbonyl (C=O) groups is 1. The SMILES string of the molecule is CN1CC2(C3=C(CC(C)(C)CC3=O)Nc3ncsc32)c2ccccc21. The molecule has 0 fully saturated rings. The van der Waals surface area contributed by atoms with Gasteiger partial charge in [-0.05, 0) is 23.5 Å². The van der Waals surface area contributed by atoms with Gasteiger partial charge in [-0.25, -0.2) is 4.98 Å². The summed E-state index contributed by atoms with van der Waals surface area (Å²) in [5, 5.41) is 3.50. The molecule has 0 saturated carbocycles. The summed E-state index contributed by atoms with van der Waals surface area (Å²) >= 11 is 1.66. The zero-order valence-electron chi connectivity index (χ0n) is 14.7. The Morgan fingerprint density at radius 2 is 2.04 bits per heavy atom. The lowest BCUT2D eigenvalue weighted by Gasteiger charge is -2.43. The summed E-state index contributed by atoms with van der Waals surface area (Å²) in [7, 11) is 2.12. The maximum absolute atomic E-state index is 13.3. The van der Waals surface area contributed by atoms with E-state index in [1.165, 1.54) is 16.1 Å². The van der Waals surface area contributed by atoms with Crippen LogP contribution < -0.4 is 10.2 Å². The number of benzene rings is 1. The predicted molar refractivity (Wildman–Crippen MR) is 101 cm³/mol. The number of anilines is 2. The molecule has 4 nitrogen and oxygen atoms in total. The van der Waals surface area contributed by atoms with Gasteiger partial charge in [0.1, 0.15) is 5.82 Å². The van der Waals surface area contributed by atoms with Gasteiger partial charge >= 0.3 is 0 Å². The summed E-state index contributed by atoms with van der Waals surface area (Å²) in [6, 6.07) is 8.50. The van der Waals surface area contributed by atoms with E-state index in [-0.39, 0.29) is 16.6 Å². The van der Waals surface area contributed by atoms with Gasteiger partial charge in [-0.2, -0.15) is 0 Å². The Morgan fingerprint density at radius 3 is 2.88 bits per heavy atom. The fourth-order valence-corrected chi connectivity index (χ4v) is 5.88. The molecule has 1 aliphatic carbocycles. The van der Waals surface area contributed by atoms with Crippen molar-refractivity contribution in [3.8, 4) is 0 Å². The van der Waals surface area contributed by atoms with Crippen LogP contribution in [0.25, 0.3) is 0 Å². The quantitative estimate of drug-likeness (QED) is 0.781. The van der Waals surface area contributed by atoms with E-state index in [1.807, 2.05) is 5.51 Å². The molecule has 2 aromatic rings. The molecule has 1 N–H and O–H groups in total. The number of likely N-dealkylation sites (N-methyl/N-ethyl adjacent to an activating group) is 1. The molecule has 0 saturated heterocycles. The van der Waals surface area contributed by atoms with Crippen LogP contribution in [-0.2, 0) is 10.2 Å². The Labute approximate surface area is 151 Å². The number of fused-ring (bicyclic) bond motifs is 5. The molecule has 1 unspecified atom stereocenters. The number of carbonyl (C=O) groups excluding carboxylic acids is 1. The first-order valence-electron chi connectivity index (χ1n) is 8.71. The van der Waals surface area contributed by atoms with Gasteiger partial charge in [-0.15, -0.1) is 11.3 Å². The van der Waals surface area contributed by atoms with Crippen LogP contribution in [0.3, 0.4) is 0 Å². The highest BCUT2D eigenvalue weighted by Crippen LogP contribution is 2.58. The van der Waals surface area contributed by atoms with E-state index in [2.05, 4.69) is 60.4 Å². The topological polar surface area (TPSA) is 45.2 Å². The number of ketones is 1. The van der Waals surface area contributed by atoms with Crippen LogP contribution in [-0.4, -0.2) is 24.4 Å². The number of allylic oxidation sites excluding steroid dienone is 1. The first-order valence-corrected chi connectivity index (χ1v) is 9.59. The van der Waals surface area contributed by atoms with Crippen LogP contribution in [0.2, 0.25) is 0 Å². The van der Waals surface area contributed by atoms with Crippen LogP contribution >= 0.6 is 11.3 Å². The van der Waals surface area contributed by atoms with E-state index >= 15 is 0 Å². The molecular weight excluding hydrogens is 330 g/mol. The highest BCUT2D eigenvalue weighted by molar-refractivity contribution is 7.10. The molecule has 128 valence electrons. The van der Waals surface area contributed by atoms with Gasteiger partial charge in [-0.1, -0.05) is 32.0 Å². The Kier molecular flexibility index (Phi) is 2.86. The molecule has 0 amide bonds. The molecular formula is C20H21N3OS. The number of rotatable bonds is 0. The van der Waals surface area contributed by atoms with Crippen LogP contribution in [0.1, 0.15) is 37.1 Å². The minimum atomic E-state index is -0.379. The predicted octanol–water partition coefficient (Wildman–Crippen LogP) is 3.95. The summed E-state index contributed by atoms with van der Waals surface area (Å²) in [6.45, 7) is 5.15. The molecule has 0 radical (unpaired) electrons. The van der Waals surface area contributed by atoms with Gasteiger partial charge < -0.3 is 10.2 Å². The minimum Gasteiger partial charge on any atom is -0.373 e. The number of para-hydroxylation sites is 1. The normalized spacial score (nSPS) is 26.4. The van der Waals surface area contributed by atoms with Gasteiger partial charge in [0.2, 0.25) is 0 Å². The zero-order valence-corrected chi connectivity index (χ0v) is 15.5. The van der Waals surface area contributed by atoms with Crippen LogP contribution in [0.15, 0.2) is 41.0 Å². The van der Waals surface area contributed by atoms with Crippen molar-refractivity contribution in [3.63, 3.8) is 0 Å². The van der Waals surface area contributed by atoms with Crippen molar-refractivity contribution in [2.45, 2.75) is 32.1 Å². The average molecular weight is 351 g/mol.